The van der Waals surface area contributed by atoms with Crippen LogP contribution in [0.25, 0.3) is 0 Å². The van der Waals surface area contributed by atoms with Crippen molar-refractivity contribution >= 4 is 15.9 Å². The molecule has 0 bridgehead atoms. The zero-order valence-corrected chi connectivity index (χ0v) is 19.1. The molecule has 0 saturated carbocycles. The number of aryl methyl sites for hydroxylation is 3. The van der Waals surface area contributed by atoms with Gasteiger partial charge in [-0.1, -0.05) is 42.0 Å². The van der Waals surface area contributed by atoms with E-state index < -0.39 is 10.0 Å². The summed E-state index contributed by atoms with van der Waals surface area (Å²) in [4.78, 5) is 16.0. The summed E-state index contributed by atoms with van der Waals surface area (Å²) in [5, 5.41) is 0. The quantitative estimate of drug-likeness (QED) is 0.748. The van der Waals surface area contributed by atoms with Crippen molar-refractivity contribution in [2.75, 3.05) is 39.8 Å². The second-order valence-corrected chi connectivity index (χ2v) is 10.3. The summed E-state index contributed by atoms with van der Waals surface area (Å²) in [7, 11) is -1.53. The van der Waals surface area contributed by atoms with Gasteiger partial charge in [-0.05, 0) is 38.0 Å². The van der Waals surface area contributed by atoms with E-state index in [9.17, 15) is 13.2 Å². The highest BCUT2D eigenvalue weighted by Gasteiger charge is 2.31. The van der Waals surface area contributed by atoms with E-state index in [-0.39, 0.29) is 5.91 Å². The zero-order valence-electron chi connectivity index (χ0n) is 18.3. The van der Waals surface area contributed by atoms with E-state index in [1.54, 1.807) is 11.0 Å². The minimum Gasteiger partial charge on any atom is -0.335 e. The third kappa shape index (κ3) is 5.28. The molecule has 2 aromatic carbocycles. The van der Waals surface area contributed by atoms with Crippen LogP contribution in [-0.2, 0) is 21.4 Å². The number of quaternary nitrogens is 1. The molecule has 1 heterocycles. The first kappa shape index (κ1) is 22.5. The SMILES string of the molecule is Cc1ccc(C[NH+](C)CC(=O)N2CCN(S(=O)(=O)c3cc(C)ccc3C)CC2)cc1. The van der Waals surface area contributed by atoms with Gasteiger partial charge >= 0.3 is 0 Å². The predicted octanol–water partition coefficient (Wildman–Crippen LogP) is 1.16. The number of rotatable bonds is 6. The maximum Gasteiger partial charge on any atom is 0.277 e. The molecule has 1 N–H and O–H groups in total. The number of amides is 1. The van der Waals surface area contributed by atoms with Crippen molar-refractivity contribution in [2.24, 2.45) is 0 Å². The fraction of sp³-hybridized carbons (Fsp3) is 0.435. The second-order valence-electron chi connectivity index (χ2n) is 8.35. The minimum absolute atomic E-state index is 0.0726. The summed E-state index contributed by atoms with van der Waals surface area (Å²) >= 11 is 0. The molecule has 0 aliphatic carbocycles. The van der Waals surface area contributed by atoms with Crippen LogP contribution in [0.1, 0.15) is 22.3 Å². The van der Waals surface area contributed by atoms with E-state index in [0.29, 0.717) is 37.6 Å². The Bertz CT molecular complexity index is 995. The number of benzene rings is 2. The lowest BCUT2D eigenvalue weighted by atomic mass is 10.1. The highest BCUT2D eigenvalue weighted by atomic mass is 32.2. The summed E-state index contributed by atoms with van der Waals surface area (Å²) in [6.07, 6.45) is 0. The van der Waals surface area contributed by atoms with Crippen LogP contribution < -0.4 is 4.90 Å². The Morgan fingerprint density at radius 3 is 2.17 bits per heavy atom. The van der Waals surface area contributed by atoms with Crippen molar-refractivity contribution in [1.82, 2.24) is 9.21 Å². The first-order valence-electron chi connectivity index (χ1n) is 10.4. The number of piperazine rings is 1. The normalized spacial score (nSPS) is 16.5. The number of carbonyl (C=O) groups excluding carboxylic acids is 1. The van der Waals surface area contributed by atoms with Crippen LogP contribution in [0.15, 0.2) is 47.4 Å². The molecule has 1 fully saturated rings. The van der Waals surface area contributed by atoms with Gasteiger partial charge in [0.2, 0.25) is 10.0 Å². The Morgan fingerprint density at radius 1 is 0.933 bits per heavy atom. The molecule has 0 aromatic heterocycles. The number of sulfonamides is 1. The lowest BCUT2D eigenvalue weighted by Crippen LogP contribution is -3.09. The molecule has 6 nitrogen and oxygen atoms in total. The highest BCUT2D eigenvalue weighted by molar-refractivity contribution is 7.89. The third-order valence-electron chi connectivity index (χ3n) is 5.63. The van der Waals surface area contributed by atoms with Gasteiger partial charge in [0, 0.05) is 31.7 Å². The fourth-order valence-electron chi connectivity index (χ4n) is 3.79. The summed E-state index contributed by atoms with van der Waals surface area (Å²) < 4.78 is 27.6. The van der Waals surface area contributed by atoms with Crippen molar-refractivity contribution in [2.45, 2.75) is 32.2 Å². The highest BCUT2D eigenvalue weighted by Crippen LogP contribution is 2.22. The van der Waals surface area contributed by atoms with Crippen molar-refractivity contribution < 1.29 is 18.1 Å². The van der Waals surface area contributed by atoms with Crippen LogP contribution >= 0.6 is 0 Å². The molecular formula is C23H32N3O3S+. The third-order valence-corrected chi connectivity index (χ3v) is 7.67. The zero-order chi connectivity index (χ0) is 21.9. The number of hydrogen-bond acceptors (Lipinski definition) is 3. The van der Waals surface area contributed by atoms with Crippen molar-refractivity contribution in [3.63, 3.8) is 0 Å². The van der Waals surface area contributed by atoms with E-state index in [2.05, 4.69) is 31.2 Å². The Morgan fingerprint density at radius 2 is 1.53 bits per heavy atom. The van der Waals surface area contributed by atoms with Crippen LogP contribution in [0.3, 0.4) is 0 Å². The Kier molecular flexibility index (Phi) is 6.95. The molecule has 0 spiro atoms. The molecule has 1 aliphatic heterocycles. The van der Waals surface area contributed by atoms with E-state index >= 15 is 0 Å². The molecule has 0 radical (unpaired) electrons. The van der Waals surface area contributed by atoms with Gasteiger partial charge in [-0.3, -0.25) is 4.79 Å². The smallest absolute Gasteiger partial charge is 0.277 e. The van der Waals surface area contributed by atoms with E-state index in [0.717, 1.165) is 22.6 Å². The molecule has 1 saturated heterocycles. The molecule has 30 heavy (non-hydrogen) atoms. The number of nitrogens with zero attached hydrogens (tertiary/aromatic N) is 2. The van der Waals surface area contributed by atoms with Crippen LogP contribution in [0, 0.1) is 20.8 Å². The van der Waals surface area contributed by atoms with Gasteiger partial charge in [-0.25, -0.2) is 8.42 Å². The molecule has 1 unspecified atom stereocenters. The van der Waals surface area contributed by atoms with Crippen molar-refractivity contribution in [3.05, 3.63) is 64.7 Å². The van der Waals surface area contributed by atoms with Gasteiger partial charge in [0.15, 0.2) is 6.54 Å². The van der Waals surface area contributed by atoms with E-state index in [1.807, 2.05) is 33.0 Å². The van der Waals surface area contributed by atoms with Gasteiger partial charge in [0.25, 0.3) is 5.91 Å². The maximum atomic E-state index is 13.1. The topological polar surface area (TPSA) is 62.1 Å². The summed E-state index contributed by atoms with van der Waals surface area (Å²) in [5.41, 5.74) is 4.10. The molecule has 1 amide bonds. The molecule has 7 heteroatoms. The molecule has 1 aliphatic rings. The summed E-state index contributed by atoms with van der Waals surface area (Å²) in [6, 6.07) is 13.8. The van der Waals surface area contributed by atoms with E-state index in [1.165, 1.54) is 15.4 Å². The molecule has 3 rings (SSSR count). The Labute approximate surface area is 180 Å². The lowest BCUT2D eigenvalue weighted by molar-refractivity contribution is -0.885. The Balaban J connectivity index is 1.56. The van der Waals surface area contributed by atoms with Gasteiger partial charge < -0.3 is 9.80 Å². The van der Waals surface area contributed by atoms with Gasteiger partial charge in [0.05, 0.1) is 11.9 Å². The van der Waals surface area contributed by atoms with Gasteiger partial charge in [-0.2, -0.15) is 4.31 Å². The monoisotopic (exact) mass is 430 g/mol. The minimum atomic E-state index is -3.54. The predicted molar refractivity (Wildman–Crippen MR) is 118 cm³/mol. The summed E-state index contributed by atoms with van der Waals surface area (Å²) in [5.74, 6) is 0.0726. The van der Waals surface area contributed by atoms with Crippen LogP contribution in [0.4, 0.5) is 0 Å². The maximum absolute atomic E-state index is 13.1. The average molecular weight is 431 g/mol. The number of likely N-dealkylation sites (N-methyl/N-ethyl adjacent to an activating group) is 1. The van der Waals surface area contributed by atoms with Crippen LogP contribution in [-0.4, -0.2) is 63.3 Å². The average Bonchev–Trinajstić information content (AvgIpc) is 2.71. The first-order chi connectivity index (χ1) is 14.2. The molecule has 1 atom stereocenters. The molecule has 162 valence electrons. The lowest BCUT2D eigenvalue weighted by Gasteiger charge is -2.34. The van der Waals surface area contributed by atoms with Crippen LogP contribution in [0.2, 0.25) is 0 Å². The van der Waals surface area contributed by atoms with Crippen LogP contribution in [0.5, 0.6) is 0 Å². The summed E-state index contributed by atoms with van der Waals surface area (Å²) in [6.45, 7) is 8.48. The van der Waals surface area contributed by atoms with E-state index in [4.69, 9.17) is 0 Å². The van der Waals surface area contributed by atoms with Gasteiger partial charge in [-0.15, -0.1) is 0 Å². The molecular weight excluding hydrogens is 398 g/mol. The standard InChI is InChI=1S/C23H31N3O3S/c1-18-6-9-21(10-7-18)16-24(4)17-23(27)25-11-13-26(14-12-25)30(28,29)22-15-19(2)5-8-20(22)3/h5-10,15H,11-14,16-17H2,1-4H3/p+1. The number of nitrogens with one attached hydrogen (secondary N) is 1. The Hall–Kier alpha value is -2.22. The fourth-order valence-corrected chi connectivity index (χ4v) is 5.52. The van der Waals surface area contributed by atoms with Crippen molar-refractivity contribution in [1.29, 1.82) is 0 Å². The first-order valence-corrected chi connectivity index (χ1v) is 11.8. The molecule has 2 aromatic rings. The van der Waals surface area contributed by atoms with Crippen molar-refractivity contribution in [3.8, 4) is 0 Å². The second kappa shape index (κ2) is 9.29. The van der Waals surface area contributed by atoms with Gasteiger partial charge in [0.1, 0.15) is 6.54 Å². The number of hydrogen-bond donors (Lipinski definition) is 1. The number of carbonyl (C=O) groups is 1. The largest absolute Gasteiger partial charge is 0.335 e.